The number of hydrogen-bond acceptors (Lipinski definition) is 2. The minimum Gasteiger partial charge on any atom is -0.374 e. The van der Waals surface area contributed by atoms with Crippen molar-refractivity contribution >= 4 is 11.6 Å². The van der Waals surface area contributed by atoms with Crippen LogP contribution < -0.4 is 0 Å². The van der Waals surface area contributed by atoms with Gasteiger partial charge in [0.05, 0.1) is 12.4 Å². The van der Waals surface area contributed by atoms with Crippen LogP contribution in [0.15, 0.2) is 43.0 Å². The van der Waals surface area contributed by atoms with Gasteiger partial charge in [0.2, 0.25) is 0 Å². The minimum atomic E-state index is 0.151. The van der Waals surface area contributed by atoms with Crippen molar-refractivity contribution in [3.05, 3.63) is 53.6 Å². The summed E-state index contributed by atoms with van der Waals surface area (Å²) >= 11 is 5.98. The maximum absolute atomic E-state index is 6.12. The van der Waals surface area contributed by atoms with Crippen molar-refractivity contribution in [3.8, 4) is 0 Å². The summed E-state index contributed by atoms with van der Waals surface area (Å²) in [5.41, 5.74) is 1.21. The van der Waals surface area contributed by atoms with Crippen LogP contribution in [0.1, 0.15) is 50.7 Å². The fourth-order valence-electron chi connectivity index (χ4n) is 2.48. The summed E-state index contributed by atoms with van der Waals surface area (Å²) in [6, 6.07) is 8.03. The van der Waals surface area contributed by atoms with Crippen LogP contribution in [0.2, 0.25) is 5.02 Å². The zero-order valence-electron chi connectivity index (χ0n) is 13.2. The Morgan fingerprint density at radius 3 is 2.68 bits per heavy atom. The molecule has 0 radical (unpaired) electrons. The van der Waals surface area contributed by atoms with E-state index in [1.54, 1.807) is 0 Å². The van der Waals surface area contributed by atoms with Gasteiger partial charge in [0, 0.05) is 30.6 Å². The van der Waals surface area contributed by atoms with E-state index in [9.17, 15) is 0 Å². The Bertz CT molecular complexity index is 510. The number of imidazole rings is 1. The molecular weight excluding hydrogens is 296 g/mol. The second-order valence-corrected chi connectivity index (χ2v) is 6.00. The Morgan fingerprint density at radius 2 is 2.00 bits per heavy atom. The summed E-state index contributed by atoms with van der Waals surface area (Å²) in [5, 5.41) is 0.770. The van der Waals surface area contributed by atoms with E-state index in [4.69, 9.17) is 16.3 Å². The molecule has 1 unspecified atom stereocenters. The highest BCUT2D eigenvalue weighted by Crippen LogP contribution is 2.25. The van der Waals surface area contributed by atoms with Crippen molar-refractivity contribution in [2.45, 2.75) is 51.7 Å². The average molecular weight is 321 g/mol. The highest BCUT2D eigenvalue weighted by atomic mass is 35.5. The van der Waals surface area contributed by atoms with Crippen LogP contribution in [0.3, 0.4) is 0 Å². The first-order chi connectivity index (χ1) is 10.8. The quantitative estimate of drug-likeness (QED) is 0.558. The van der Waals surface area contributed by atoms with Crippen LogP contribution in [0, 0.1) is 0 Å². The molecule has 1 atom stereocenters. The molecule has 0 aliphatic heterocycles. The molecule has 1 heterocycles. The first kappa shape index (κ1) is 17.0. The third-order valence-corrected chi connectivity index (χ3v) is 4.00. The number of hydrogen-bond donors (Lipinski definition) is 0. The van der Waals surface area contributed by atoms with Crippen LogP contribution in [0.25, 0.3) is 0 Å². The molecule has 3 nitrogen and oxygen atoms in total. The van der Waals surface area contributed by atoms with Crippen LogP contribution in [-0.2, 0) is 11.3 Å². The second kappa shape index (κ2) is 9.65. The number of rotatable bonds is 10. The van der Waals surface area contributed by atoms with Crippen LogP contribution >= 0.6 is 11.6 Å². The molecule has 120 valence electrons. The third kappa shape index (κ3) is 5.82. The summed E-state index contributed by atoms with van der Waals surface area (Å²) in [5.74, 6) is 0. The predicted molar refractivity (Wildman–Crippen MR) is 91.1 cm³/mol. The average Bonchev–Trinajstić information content (AvgIpc) is 3.04. The number of unbranched alkanes of at least 4 members (excludes halogenated alkanes) is 2. The summed E-state index contributed by atoms with van der Waals surface area (Å²) < 4.78 is 8.23. The molecule has 0 bridgehead atoms. The van der Waals surface area contributed by atoms with Gasteiger partial charge in [0.1, 0.15) is 0 Å². The molecule has 0 spiro atoms. The number of benzene rings is 1. The molecule has 0 saturated heterocycles. The summed E-state index contributed by atoms with van der Waals surface area (Å²) in [6.07, 6.45) is 11.5. The summed E-state index contributed by atoms with van der Waals surface area (Å²) in [4.78, 5) is 4.07. The van der Waals surface area contributed by atoms with E-state index in [-0.39, 0.29) is 6.10 Å². The first-order valence-electron chi connectivity index (χ1n) is 8.12. The van der Waals surface area contributed by atoms with Crippen molar-refractivity contribution in [2.24, 2.45) is 0 Å². The zero-order valence-corrected chi connectivity index (χ0v) is 14.0. The van der Waals surface area contributed by atoms with Gasteiger partial charge in [-0.05, 0) is 37.0 Å². The molecular formula is C18H25ClN2O. The van der Waals surface area contributed by atoms with Crippen molar-refractivity contribution in [1.82, 2.24) is 9.55 Å². The van der Waals surface area contributed by atoms with Gasteiger partial charge < -0.3 is 9.30 Å². The Morgan fingerprint density at radius 1 is 1.18 bits per heavy atom. The predicted octanol–water partition coefficient (Wildman–Crippen LogP) is 5.26. The number of aromatic nitrogens is 2. The monoisotopic (exact) mass is 320 g/mol. The molecule has 1 aromatic carbocycles. The van der Waals surface area contributed by atoms with Gasteiger partial charge in [-0.1, -0.05) is 43.5 Å². The van der Waals surface area contributed by atoms with Gasteiger partial charge in [0.15, 0.2) is 0 Å². The van der Waals surface area contributed by atoms with Crippen LogP contribution in [0.5, 0.6) is 0 Å². The summed E-state index contributed by atoms with van der Waals surface area (Å²) in [7, 11) is 0. The van der Waals surface area contributed by atoms with E-state index in [0.29, 0.717) is 0 Å². The van der Waals surface area contributed by atoms with Gasteiger partial charge in [-0.15, -0.1) is 0 Å². The van der Waals surface area contributed by atoms with Crippen LogP contribution in [-0.4, -0.2) is 16.2 Å². The Labute approximate surface area is 138 Å². The molecule has 2 rings (SSSR count). The van der Waals surface area contributed by atoms with Gasteiger partial charge in [-0.25, -0.2) is 4.98 Å². The topological polar surface area (TPSA) is 27.1 Å². The highest BCUT2D eigenvalue weighted by molar-refractivity contribution is 6.30. The minimum absolute atomic E-state index is 0.151. The SMILES string of the molecule is CCCCCOC(CCCn1ccnc1)c1ccc(Cl)cc1. The highest BCUT2D eigenvalue weighted by Gasteiger charge is 2.12. The van der Waals surface area contributed by atoms with Crippen LogP contribution in [0.4, 0.5) is 0 Å². The second-order valence-electron chi connectivity index (χ2n) is 5.56. The van der Waals surface area contributed by atoms with Crippen molar-refractivity contribution in [2.75, 3.05) is 6.61 Å². The lowest BCUT2D eigenvalue weighted by Crippen LogP contribution is -2.07. The number of ether oxygens (including phenoxy) is 1. The van der Waals surface area contributed by atoms with Crippen molar-refractivity contribution in [3.63, 3.8) is 0 Å². The number of aryl methyl sites for hydroxylation is 1. The molecule has 0 fully saturated rings. The molecule has 4 heteroatoms. The number of nitrogens with zero attached hydrogens (tertiary/aromatic N) is 2. The standard InChI is InChI=1S/C18H25ClN2O/c1-2-3-4-14-22-18(16-7-9-17(19)10-8-16)6-5-12-21-13-11-20-15-21/h7-11,13,15,18H,2-6,12,14H2,1H3. The largest absolute Gasteiger partial charge is 0.374 e. The Kier molecular flexibility index (Phi) is 7.47. The lowest BCUT2D eigenvalue weighted by molar-refractivity contribution is 0.0420. The molecule has 2 aromatic rings. The number of halogens is 1. The normalized spacial score (nSPS) is 12.5. The Hall–Kier alpha value is -1.32. The fourth-order valence-corrected chi connectivity index (χ4v) is 2.61. The van der Waals surface area contributed by atoms with E-state index in [2.05, 4.69) is 28.6 Å². The van der Waals surface area contributed by atoms with E-state index in [0.717, 1.165) is 37.4 Å². The first-order valence-corrected chi connectivity index (χ1v) is 8.50. The van der Waals surface area contributed by atoms with E-state index < -0.39 is 0 Å². The lowest BCUT2D eigenvalue weighted by Gasteiger charge is -2.19. The van der Waals surface area contributed by atoms with E-state index in [1.807, 2.05) is 30.9 Å². The van der Waals surface area contributed by atoms with Crippen molar-refractivity contribution in [1.29, 1.82) is 0 Å². The van der Waals surface area contributed by atoms with Crippen molar-refractivity contribution < 1.29 is 4.74 Å². The lowest BCUT2D eigenvalue weighted by atomic mass is 10.0. The molecule has 1 aromatic heterocycles. The summed E-state index contributed by atoms with van der Waals surface area (Å²) in [6.45, 7) is 4.01. The Balaban J connectivity index is 1.87. The van der Waals surface area contributed by atoms with E-state index >= 15 is 0 Å². The molecule has 22 heavy (non-hydrogen) atoms. The molecule has 0 saturated carbocycles. The zero-order chi connectivity index (χ0) is 15.6. The van der Waals surface area contributed by atoms with E-state index in [1.165, 1.54) is 18.4 Å². The maximum Gasteiger partial charge on any atom is 0.0945 e. The molecule has 0 amide bonds. The third-order valence-electron chi connectivity index (χ3n) is 3.75. The molecule has 0 aliphatic rings. The fraction of sp³-hybridized carbons (Fsp3) is 0.500. The van der Waals surface area contributed by atoms with Gasteiger partial charge in [0.25, 0.3) is 0 Å². The molecule has 0 N–H and O–H groups in total. The maximum atomic E-state index is 6.12. The van der Waals surface area contributed by atoms with Gasteiger partial charge in [-0.3, -0.25) is 0 Å². The molecule has 0 aliphatic carbocycles. The van der Waals surface area contributed by atoms with Gasteiger partial charge >= 0.3 is 0 Å². The smallest absolute Gasteiger partial charge is 0.0945 e. The van der Waals surface area contributed by atoms with Gasteiger partial charge in [-0.2, -0.15) is 0 Å².